The highest BCUT2D eigenvalue weighted by Gasteiger charge is 2.26. The lowest BCUT2D eigenvalue weighted by molar-refractivity contribution is -0.104. The minimum atomic E-state index is 0.278. The van der Waals surface area contributed by atoms with E-state index in [0.717, 1.165) is 11.9 Å². The lowest BCUT2D eigenvalue weighted by Gasteiger charge is -2.33. The van der Waals surface area contributed by atoms with E-state index in [4.69, 9.17) is 0 Å². The Morgan fingerprint density at radius 3 is 2.43 bits per heavy atom. The molecule has 1 nitrogen and oxygen atoms in total. The van der Waals surface area contributed by atoms with E-state index in [0.29, 0.717) is 5.92 Å². The minimum absolute atomic E-state index is 0.278. The van der Waals surface area contributed by atoms with Crippen LogP contribution in [0.1, 0.15) is 60.8 Å². The Balaban J connectivity index is 3.00. The van der Waals surface area contributed by atoms with Crippen LogP contribution in [0.3, 0.4) is 0 Å². The molecule has 1 aliphatic rings. The van der Waals surface area contributed by atoms with E-state index in [1.807, 2.05) is 19.1 Å². The zero-order valence-electron chi connectivity index (χ0n) is 15.6. The average molecular weight is 312 g/mol. The molecule has 0 saturated heterocycles. The van der Waals surface area contributed by atoms with E-state index in [2.05, 4.69) is 52.8 Å². The van der Waals surface area contributed by atoms with Crippen molar-refractivity contribution in [2.45, 2.75) is 60.8 Å². The van der Waals surface area contributed by atoms with Crippen molar-refractivity contribution in [3.05, 3.63) is 58.7 Å². The number of aldehydes is 1. The Bertz CT molecular complexity index is 563. The Kier molecular flexibility index (Phi) is 7.48. The SMILES string of the molecule is CC1=C(/C=C/C(=C/C=C/C(C)=C/C=O)C(C)C)C(C)(C)CCC1. The van der Waals surface area contributed by atoms with Gasteiger partial charge in [-0.2, -0.15) is 0 Å². The quantitative estimate of drug-likeness (QED) is 0.317. The van der Waals surface area contributed by atoms with Crippen LogP contribution >= 0.6 is 0 Å². The van der Waals surface area contributed by atoms with Crippen molar-refractivity contribution < 1.29 is 4.79 Å². The normalized spacial score (nSPS) is 20.1. The molecule has 0 amide bonds. The van der Waals surface area contributed by atoms with Gasteiger partial charge in [0.15, 0.2) is 0 Å². The topological polar surface area (TPSA) is 17.1 Å². The zero-order chi connectivity index (χ0) is 17.5. The number of allylic oxidation sites excluding steroid dienone is 10. The van der Waals surface area contributed by atoms with E-state index in [1.165, 1.54) is 36.0 Å². The molecule has 0 N–H and O–H groups in total. The molecular weight excluding hydrogens is 280 g/mol. The average Bonchev–Trinajstić information content (AvgIpc) is 2.44. The van der Waals surface area contributed by atoms with Crippen molar-refractivity contribution in [1.82, 2.24) is 0 Å². The van der Waals surface area contributed by atoms with Crippen LogP contribution in [-0.4, -0.2) is 6.29 Å². The van der Waals surface area contributed by atoms with Gasteiger partial charge in [-0.05, 0) is 67.2 Å². The number of carbonyl (C=O) groups excluding carboxylic acids is 1. The van der Waals surface area contributed by atoms with Gasteiger partial charge >= 0.3 is 0 Å². The first-order valence-corrected chi connectivity index (χ1v) is 8.66. The Morgan fingerprint density at radius 2 is 1.87 bits per heavy atom. The summed E-state index contributed by atoms with van der Waals surface area (Å²) in [5.74, 6) is 0.471. The smallest absolute Gasteiger partial charge is 0.143 e. The summed E-state index contributed by atoms with van der Waals surface area (Å²) in [6.45, 7) is 13.3. The molecule has 0 bridgehead atoms. The Labute approximate surface area is 142 Å². The van der Waals surface area contributed by atoms with Crippen LogP contribution in [0.2, 0.25) is 0 Å². The summed E-state index contributed by atoms with van der Waals surface area (Å²) >= 11 is 0. The second-order valence-corrected chi connectivity index (χ2v) is 7.49. The summed E-state index contributed by atoms with van der Waals surface area (Å²) in [4.78, 5) is 10.4. The predicted molar refractivity (Wildman–Crippen MR) is 101 cm³/mol. The molecule has 0 atom stereocenters. The summed E-state index contributed by atoms with van der Waals surface area (Å²) in [7, 11) is 0. The maximum Gasteiger partial charge on any atom is 0.143 e. The first kappa shape index (κ1) is 19.4. The molecule has 0 aliphatic heterocycles. The van der Waals surface area contributed by atoms with E-state index >= 15 is 0 Å². The summed E-state index contributed by atoms with van der Waals surface area (Å²) in [5, 5.41) is 0. The van der Waals surface area contributed by atoms with Gasteiger partial charge in [0.2, 0.25) is 0 Å². The van der Waals surface area contributed by atoms with Crippen LogP contribution in [0.5, 0.6) is 0 Å². The van der Waals surface area contributed by atoms with Crippen molar-refractivity contribution in [3.8, 4) is 0 Å². The van der Waals surface area contributed by atoms with Gasteiger partial charge in [-0.1, -0.05) is 63.6 Å². The third-order valence-corrected chi connectivity index (χ3v) is 4.63. The van der Waals surface area contributed by atoms with Crippen molar-refractivity contribution in [3.63, 3.8) is 0 Å². The second-order valence-electron chi connectivity index (χ2n) is 7.49. The fourth-order valence-electron chi connectivity index (χ4n) is 3.10. The molecule has 0 aromatic rings. The largest absolute Gasteiger partial charge is 0.299 e. The summed E-state index contributed by atoms with van der Waals surface area (Å²) in [6.07, 6.45) is 16.9. The van der Waals surface area contributed by atoms with Crippen LogP contribution in [0, 0.1) is 11.3 Å². The van der Waals surface area contributed by atoms with Crippen molar-refractivity contribution >= 4 is 6.29 Å². The van der Waals surface area contributed by atoms with Crippen molar-refractivity contribution in [2.75, 3.05) is 0 Å². The third-order valence-electron chi connectivity index (χ3n) is 4.63. The van der Waals surface area contributed by atoms with Crippen LogP contribution < -0.4 is 0 Å². The summed E-state index contributed by atoms with van der Waals surface area (Å²) < 4.78 is 0. The first-order chi connectivity index (χ1) is 10.8. The lowest BCUT2D eigenvalue weighted by atomic mass is 9.72. The summed E-state index contributed by atoms with van der Waals surface area (Å²) in [6, 6.07) is 0. The maximum atomic E-state index is 10.4. The van der Waals surface area contributed by atoms with Gasteiger partial charge in [-0.3, -0.25) is 4.79 Å². The Hall–Kier alpha value is -1.63. The number of hydrogen-bond donors (Lipinski definition) is 0. The van der Waals surface area contributed by atoms with Gasteiger partial charge in [-0.25, -0.2) is 0 Å². The molecule has 0 saturated carbocycles. The van der Waals surface area contributed by atoms with Gasteiger partial charge in [0.25, 0.3) is 0 Å². The number of rotatable bonds is 6. The minimum Gasteiger partial charge on any atom is -0.299 e. The molecule has 0 aromatic carbocycles. The highest BCUT2D eigenvalue weighted by molar-refractivity contribution is 5.66. The third kappa shape index (κ3) is 6.17. The molecule has 126 valence electrons. The summed E-state index contributed by atoms with van der Waals surface area (Å²) in [5.41, 5.74) is 5.58. The second kappa shape index (κ2) is 8.86. The fourth-order valence-corrected chi connectivity index (χ4v) is 3.10. The van der Waals surface area contributed by atoms with Gasteiger partial charge in [-0.15, -0.1) is 0 Å². The van der Waals surface area contributed by atoms with Gasteiger partial charge in [0.05, 0.1) is 0 Å². The molecule has 0 unspecified atom stereocenters. The molecule has 0 spiro atoms. The van der Waals surface area contributed by atoms with E-state index in [1.54, 1.807) is 6.08 Å². The van der Waals surface area contributed by atoms with E-state index < -0.39 is 0 Å². The van der Waals surface area contributed by atoms with Gasteiger partial charge in [0.1, 0.15) is 6.29 Å². The van der Waals surface area contributed by atoms with Gasteiger partial charge < -0.3 is 0 Å². The lowest BCUT2D eigenvalue weighted by Crippen LogP contribution is -2.19. The van der Waals surface area contributed by atoms with E-state index in [-0.39, 0.29) is 5.41 Å². The molecule has 1 rings (SSSR count). The Morgan fingerprint density at radius 1 is 1.17 bits per heavy atom. The predicted octanol–water partition coefficient (Wildman–Crippen LogP) is 6.35. The van der Waals surface area contributed by atoms with Gasteiger partial charge in [0, 0.05) is 0 Å². The number of carbonyl (C=O) groups is 1. The molecule has 0 fully saturated rings. The van der Waals surface area contributed by atoms with Crippen LogP contribution in [0.15, 0.2) is 58.7 Å². The first-order valence-electron chi connectivity index (χ1n) is 8.66. The van der Waals surface area contributed by atoms with Crippen LogP contribution in [0.4, 0.5) is 0 Å². The highest BCUT2D eigenvalue weighted by Crippen LogP contribution is 2.40. The maximum absolute atomic E-state index is 10.4. The number of hydrogen-bond acceptors (Lipinski definition) is 1. The van der Waals surface area contributed by atoms with Crippen molar-refractivity contribution in [1.29, 1.82) is 0 Å². The molecule has 0 heterocycles. The van der Waals surface area contributed by atoms with Crippen LogP contribution in [0.25, 0.3) is 0 Å². The zero-order valence-corrected chi connectivity index (χ0v) is 15.6. The standard InChI is InChI=1S/C22H32O/c1-17(2)20(11-7-9-18(3)14-16-23)12-13-21-19(4)10-8-15-22(21,5)6/h7,9,11-14,16-17H,8,10,15H2,1-6H3/b9-7+,13-12+,18-14+,20-11-. The molecular formula is C22H32O. The molecule has 23 heavy (non-hydrogen) atoms. The monoisotopic (exact) mass is 312 g/mol. The van der Waals surface area contributed by atoms with Crippen LogP contribution in [-0.2, 0) is 4.79 Å². The highest BCUT2D eigenvalue weighted by atomic mass is 16.1. The molecule has 1 aliphatic carbocycles. The molecule has 0 aromatic heterocycles. The fraction of sp³-hybridized carbons (Fsp3) is 0.500. The molecule has 0 radical (unpaired) electrons. The van der Waals surface area contributed by atoms with E-state index in [9.17, 15) is 4.79 Å². The van der Waals surface area contributed by atoms with Crippen molar-refractivity contribution in [2.24, 2.45) is 11.3 Å². The molecule has 1 heteroatoms.